The van der Waals surface area contributed by atoms with Crippen LogP contribution in [0.5, 0.6) is 0 Å². The van der Waals surface area contributed by atoms with Gasteiger partial charge in [0.15, 0.2) is 0 Å². The molecule has 1 aliphatic heterocycles. The highest BCUT2D eigenvalue weighted by atomic mass is 19.1. The molecule has 0 saturated carbocycles. The minimum absolute atomic E-state index is 0.0126. The molecule has 0 unspecified atom stereocenters. The first-order chi connectivity index (χ1) is 10.3. The number of hydrogen-bond acceptors (Lipinski definition) is 3. The second-order valence-electron chi connectivity index (χ2n) is 6.82. The van der Waals surface area contributed by atoms with Crippen LogP contribution in [0, 0.1) is 11.7 Å². The van der Waals surface area contributed by atoms with Gasteiger partial charge in [-0.3, -0.25) is 0 Å². The Morgan fingerprint density at radius 2 is 2.00 bits per heavy atom. The Labute approximate surface area is 130 Å². The minimum Gasteiger partial charge on any atom is -0.444 e. The van der Waals surface area contributed by atoms with Crippen molar-refractivity contribution in [2.45, 2.75) is 38.7 Å². The molecule has 1 N–H and O–H groups in total. The van der Waals surface area contributed by atoms with E-state index in [1.165, 1.54) is 12.1 Å². The summed E-state index contributed by atoms with van der Waals surface area (Å²) in [4.78, 5) is 13.8. The van der Waals surface area contributed by atoms with Gasteiger partial charge in [-0.25, -0.2) is 9.18 Å². The van der Waals surface area contributed by atoms with Crippen LogP contribution >= 0.6 is 0 Å². The normalized spacial score (nSPS) is 22.5. The molecule has 1 amide bonds. The van der Waals surface area contributed by atoms with E-state index in [9.17, 15) is 14.3 Å². The van der Waals surface area contributed by atoms with Gasteiger partial charge in [-0.05, 0) is 50.8 Å². The average molecular weight is 309 g/mol. The molecule has 1 fully saturated rings. The molecule has 1 aromatic carbocycles. The number of likely N-dealkylation sites (tertiary alicyclic amines) is 1. The maximum atomic E-state index is 13.0. The molecule has 5 heteroatoms. The van der Waals surface area contributed by atoms with Gasteiger partial charge in [0.1, 0.15) is 11.4 Å². The van der Waals surface area contributed by atoms with Crippen molar-refractivity contribution >= 4 is 6.09 Å². The Kier molecular flexibility index (Phi) is 5.06. The van der Waals surface area contributed by atoms with E-state index in [1.807, 2.05) is 20.8 Å². The molecule has 1 aliphatic rings. The molecule has 0 radical (unpaired) electrons. The summed E-state index contributed by atoms with van der Waals surface area (Å²) in [6.07, 6.45) is 0.388. The van der Waals surface area contributed by atoms with E-state index in [0.29, 0.717) is 13.1 Å². The Hall–Kier alpha value is -1.62. The number of hydrogen-bond donors (Lipinski definition) is 1. The molecule has 22 heavy (non-hydrogen) atoms. The van der Waals surface area contributed by atoms with Crippen molar-refractivity contribution in [3.05, 3.63) is 35.6 Å². The minimum atomic E-state index is -0.528. The van der Waals surface area contributed by atoms with Crippen molar-refractivity contribution in [1.82, 2.24) is 4.90 Å². The molecule has 0 aliphatic carbocycles. The fourth-order valence-electron chi connectivity index (χ4n) is 2.86. The van der Waals surface area contributed by atoms with Crippen LogP contribution in [0.3, 0.4) is 0 Å². The number of amides is 1. The van der Waals surface area contributed by atoms with Crippen molar-refractivity contribution in [2.75, 3.05) is 19.7 Å². The smallest absolute Gasteiger partial charge is 0.410 e. The molecule has 0 bridgehead atoms. The van der Waals surface area contributed by atoms with E-state index in [2.05, 4.69) is 0 Å². The number of carbonyl (C=O) groups is 1. The van der Waals surface area contributed by atoms with Crippen molar-refractivity contribution in [2.24, 2.45) is 5.92 Å². The van der Waals surface area contributed by atoms with Crippen LogP contribution in [-0.2, 0) is 4.74 Å². The molecule has 2 rings (SSSR count). The van der Waals surface area contributed by atoms with E-state index in [4.69, 9.17) is 4.74 Å². The maximum absolute atomic E-state index is 13.0. The highest BCUT2D eigenvalue weighted by Crippen LogP contribution is 2.33. The predicted octanol–water partition coefficient (Wildman–Crippen LogP) is 3.16. The van der Waals surface area contributed by atoms with E-state index >= 15 is 0 Å². The molecule has 1 aromatic rings. The largest absolute Gasteiger partial charge is 0.444 e. The van der Waals surface area contributed by atoms with Crippen LogP contribution in [-0.4, -0.2) is 41.4 Å². The molecule has 1 heterocycles. The van der Waals surface area contributed by atoms with E-state index < -0.39 is 5.60 Å². The van der Waals surface area contributed by atoms with Crippen LogP contribution < -0.4 is 0 Å². The number of carbonyl (C=O) groups excluding carboxylic acids is 1. The molecule has 122 valence electrons. The molecule has 4 nitrogen and oxygen atoms in total. The summed E-state index contributed by atoms with van der Waals surface area (Å²) in [6.45, 7) is 6.52. The third kappa shape index (κ3) is 4.19. The third-order valence-corrected chi connectivity index (χ3v) is 3.92. The van der Waals surface area contributed by atoms with Gasteiger partial charge in [0, 0.05) is 25.6 Å². The number of benzene rings is 1. The Morgan fingerprint density at radius 1 is 1.36 bits per heavy atom. The van der Waals surface area contributed by atoms with E-state index in [0.717, 1.165) is 12.0 Å². The summed E-state index contributed by atoms with van der Waals surface area (Å²) >= 11 is 0. The second kappa shape index (κ2) is 6.65. The van der Waals surface area contributed by atoms with Crippen LogP contribution in [0.25, 0.3) is 0 Å². The Bertz CT molecular complexity index is 510. The van der Waals surface area contributed by atoms with Gasteiger partial charge < -0.3 is 14.7 Å². The van der Waals surface area contributed by atoms with E-state index in [-0.39, 0.29) is 30.4 Å². The fourth-order valence-corrected chi connectivity index (χ4v) is 2.86. The standard InChI is InChI=1S/C17H24FNO3/c1-17(2,3)22-16(21)19-9-8-15(13(10-19)11-20)12-4-6-14(18)7-5-12/h4-7,13,15,20H,8-11H2,1-3H3/t13-,15-/m1/s1. The SMILES string of the molecule is CC(C)(C)OC(=O)N1CC[C@H](c2ccc(F)cc2)[C@@H](CO)C1. The summed E-state index contributed by atoms with van der Waals surface area (Å²) in [7, 11) is 0. The summed E-state index contributed by atoms with van der Waals surface area (Å²) in [5.74, 6) is -0.202. The third-order valence-electron chi connectivity index (χ3n) is 3.92. The maximum Gasteiger partial charge on any atom is 0.410 e. The summed E-state index contributed by atoms with van der Waals surface area (Å²) in [6, 6.07) is 6.38. The van der Waals surface area contributed by atoms with Gasteiger partial charge in [-0.2, -0.15) is 0 Å². The number of ether oxygens (including phenoxy) is 1. The number of nitrogens with zero attached hydrogens (tertiary/aromatic N) is 1. The van der Waals surface area contributed by atoms with Crippen LogP contribution in [0.4, 0.5) is 9.18 Å². The number of aliphatic hydroxyl groups excluding tert-OH is 1. The zero-order chi connectivity index (χ0) is 16.3. The highest BCUT2D eigenvalue weighted by molar-refractivity contribution is 5.68. The number of rotatable bonds is 2. The van der Waals surface area contributed by atoms with Crippen molar-refractivity contribution < 1.29 is 19.0 Å². The second-order valence-corrected chi connectivity index (χ2v) is 6.82. The van der Waals surface area contributed by atoms with Gasteiger partial charge in [0.25, 0.3) is 0 Å². The van der Waals surface area contributed by atoms with Crippen LogP contribution in [0.2, 0.25) is 0 Å². The van der Waals surface area contributed by atoms with Crippen molar-refractivity contribution in [3.63, 3.8) is 0 Å². The first-order valence-electron chi connectivity index (χ1n) is 7.64. The van der Waals surface area contributed by atoms with Gasteiger partial charge in [-0.15, -0.1) is 0 Å². The fraction of sp³-hybridized carbons (Fsp3) is 0.588. The quantitative estimate of drug-likeness (QED) is 0.913. The lowest BCUT2D eigenvalue weighted by Gasteiger charge is -2.38. The zero-order valence-electron chi connectivity index (χ0n) is 13.4. The monoisotopic (exact) mass is 309 g/mol. The lowest BCUT2D eigenvalue weighted by atomic mass is 9.81. The molecular weight excluding hydrogens is 285 g/mol. The zero-order valence-corrected chi connectivity index (χ0v) is 13.4. The van der Waals surface area contributed by atoms with Crippen molar-refractivity contribution in [1.29, 1.82) is 0 Å². The van der Waals surface area contributed by atoms with Crippen LogP contribution in [0.1, 0.15) is 38.7 Å². The summed E-state index contributed by atoms with van der Waals surface area (Å²) in [5, 5.41) is 9.66. The number of piperidine rings is 1. The Morgan fingerprint density at radius 3 is 2.55 bits per heavy atom. The number of halogens is 1. The van der Waals surface area contributed by atoms with Crippen molar-refractivity contribution in [3.8, 4) is 0 Å². The average Bonchev–Trinajstić information content (AvgIpc) is 2.45. The van der Waals surface area contributed by atoms with Gasteiger partial charge in [0.2, 0.25) is 0 Å². The molecule has 2 atom stereocenters. The molecular formula is C17H24FNO3. The van der Waals surface area contributed by atoms with Gasteiger partial charge in [0.05, 0.1) is 0 Å². The summed E-state index contributed by atoms with van der Waals surface area (Å²) in [5.41, 5.74) is 0.476. The molecule has 1 saturated heterocycles. The summed E-state index contributed by atoms with van der Waals surface area (Å²) < 4.78 is 18.4. The molecule has 0 spiro atoms. The van der Waals surface area contributed by atoms with E-state index in [1.54, 1.807) is 17.0 Å². The predicted molar refractivity (Wildman–Crippen MR) is 82.1 cm³/mol. The Balaban J connectivity index is 2.05. The van der Waals surface area contributed by atoms with Gasteiger partial charge >= 0.3 is 6.09 Å². The lowest BCUT2D eigenvalue weighted by molar-refractivity contribution is 0.0102. The van der Waals surface area contributed by atoms with Crippen LogP contribution in [0.15, 0.2) is 24.3 Å². The first kappa shape index (κ1) is 16.7. The van der Waals surface area contributed by atoms with Gasteiger partial charge in [-0.1, -0.05) is 12.1 Å². The first-order valence-corrected chi connectivity index (χ1v) is 7.64. The number of aliphatic hydroxyl groups is 1. The lowest BCUT2D eigenvalue weighted by Crippen LogP contribution is -2.46. The molecule has 0 aromatic heterocycles. The topological polar surface area (TPSA) is 49.8 Å². The highest BCUT2D eigenvalue weighted by Gasteiger charge is 2.33.